The lowest BCUT2D eigenvalue weighted by Gasteiger charge is -2.21. The molecule has 0 heterocycles. The molecule has 0 radical (unpaired) electrons. The van der Waals surface area contributed by atoms with E-state index in [9.17, 15) is 0 Å². The Morgan fingerprint density at radius 3 is 1.95 bits per heavy atom. The molecule has 2 heteroatoms. The maximum absolute atomic E-state index is 2.32. The summed E-state index contributed by atoms with van der Waals surface area (Å²) in [5.74, 6) is 0.408. The number of anilines is 2. The first-order valence-corrected chi connectivity index (χ1v) is 7.87. The molecule has 2 rings (SSSR count). The van der Waals surface area contributed by atoms with Crippen LogP contribution in [-0.2, 0) is 0 Å². The van der Waals surface area contributed by atoms with Crippen LogP contribution in [0.3, 0.4) is 0 Å². The Labute approximate surface area is 135 Å². The molecule has 0 spiro atoms. The minimum absolute atomic E-state index is 0.408. The standard InChI is InChI=1S/C20H28N2/c1-14-13-18(21(4)5)9-10-19(14)16(3)17-8-11-20(22(6)7)15(2)12-17/h8-13,16H,1-7H3. The lowest BCUT2D eigenvalue weighted by Crippen LogP contribution is -2.11. The van der Waals surface area contributed by atoms with Crippen molar-refractivity contribution in [2.45, 2.75) is 26.7 Å². The van der Waals surface area contributed by atoms with Gasteiger partial charge in [0.25, 0.3) is 0 Å². The second-order valence-corrected chi connectivity index (χ2v) is 6.60. The third-order valence-electron chi connectivity index (χ3n) is 4.44. The van der Waals surface area contributed by atoms with Crippen molar-refractivity contribution in [2.75, 3.05) is 38.0 Å². The topological polar surface area (TPSA) is 6.48 Å². The molecule has 0 aliphatic heterocycles. The van der Waals surface area contributed by atoms with Crippen LogP contribution in [0.1, 0.15) is 35.1 Å². The van der Waals surface area contributed by atoms with E-state index in [1.165, 1.54) is 33.6 Å². The van der Waals surface area contributed by atoms with Crippen LogP contribution in [0.4, 0.5) is 11.4 Å². The highest BCUT2D eigenvalue weighted by atomic mass is 15.1. The summed E-state index contributed by atoms with van der Waals surface area (Å²) in [4.78, 5) is 4.32. The molecular weight excluding hydrogens is 268 g/mol. The predicted molar refractivity (Wildman–Crippen MR) is 98.5 cm³/mol. The van der Waals surface area contributed by atoms with Gasteiger partial charge in [0, 0.05) is 45.5 Å². The van der Waals surface area contributed by atoms with Crippen molar-refractivity contribution in [1.82, 2.24) is 0 Å². The summed E-state index contributed by atoms with van der Waals surface area (Å²) in [5, 5.41) is 0. The molecule has 1 atom stereocenters. The molecule has 0 saturated carbocycles. The molecule has 0 N–H and O–H groups in total. The highest BCUT2D eigenvalue weighted by molar-refractivity contribution is 5.56. The van der Waals surface area contributed by atoms with Crippen LogP contribution in [0.5, 0.6) is 0 Å². The van der Waals surface area contributed by atoms with Crippen molar-refractivity contribution in [3.63, 3.8) is 0 Å². The van der Waals surface area contributed by atoms with Crippen LogP contribution < -0.4 is 9.80 Å². The lowest BCUT2D eigenvalue weighted by molar-refractivity contribution is 0.905. The second-order valence-electron chi connectivity index (χ2n) is 6.60. The average Bonchev–Trinajstić information content (AvgIpc) is 2.45. The van der Waals surface area contributed by atoms with Gasteiger partial charge in [-0.25, -0.2) is 0 Å². The Morgan fingerprint density at radius 2 is 1.45 bits per heavy atom. The molecule has 118 valence electrons. The summed E-state index contributed by atoms with van der Waals surface area (Å²) in [6.45, 7) is 6.69. The predicted octanol–water partition coefficient (Wildman–Crippen LogP) is 4.59. The van der Waals surface area contributed by atoms with Gasteiger partial charge in [-0.05, 0) is 54.3 Å². The van der Waals surface area contributed by atoms with Gasteiger partial charge in [0.2, 0.25) is 0 Å². The molecule has 2 aromatic rings. The third kappa shape index (κ3) is 3.27. The molecule has 1 unspecified atom stereocenters. The van der Waals surface area contributed by atoms with Gasteiger partial charge in [-0.3, -0.25) is 0 Å². The van der Waals surface area contributed by atoms with E-state index in [0.717, 1.165) is 0 Å². The minimum Gasteiger partial charge on any atom is -0.378 e. The van der Waals surface area contributed by atoms with Gasteiger partial charge in [-0.2, -0.15) is 0 Å². The van der Waals surface area contributed by atoms with Crippen LogP contribution in [0, 0.1) is 13.8 Å². The number of hydrogen-bond acceptors (Lipinski definition) is 2. The van der Waals surface area contributed by atoms with Gasteiger partial charge in [-0.1, -0.05) is 25.1 Å². The number of aryl methyl sites for hydroxylation is 2. The zero-order valence-electron chi connectivity index (χ0n) is 14.9. The fourth-order valence-electron chi connectivity index (χ4n) is 3.05. The number of hydrogen-bond donors (Lipinski definition) is 0. The molecule has 0 aliphatic rings. The van der Waals surface area contributed by atoms with Crippen LogP contribution >= 0.6 is 0 Å². The highest BCUT2D eigenvalue weighted by Crippen LogP contribution is 2.31. The van der Waals surface area contributed by atoms with Gasteiger partial charge in [-0.15, -0.1) is 0 Å². The van der Waals surface area contributed by atoms with Gasteiger partial charge < -0.3 is 9.80 Å². The van der Waals surface area contributed by atoms with E-state index in [2.05, 4.69) is 95.2 Å². The zero-order valence-corrected chi connectivity index (χ0v) is 14.9. The molecule has 2 nitrogen and oxygen atoms in total. The molecule has 2 aromatic carbocycles. The molecule has 0 aromatic heterocycles. The van der Waals surface area contributed by atoms with Crippen LogP contribution in [0.2, 0.25) is 0 Å². The van der Waals surface area contributed by atoms with Crippen LogP contribution in [-0.4, -0.2) is 28.2 Å². The molecule has 0 aliphatic carbocycles. The third-order valence-corrected chi connectivity index (χ3v) is 4.44. The Morgan fingerprint density at radius 1 is 0.773 bits per heavy atom. The molecular formula is C20H28N2. The SMILES string of the molecule is Cc1cc(N(C)C)ccc1C(C)c1ccc(N(C)C)c(C)c1. The quantitative estimate of drug-likeness (QED) is 0.814. The minimum atomic E-state index is 0.408. The summed E-state index contributed by atoms with van der Waals surface area (Å²) >= 11 is 0. The van der Waals surface area contributed by atoms with Gasteiger partial charge in [0.15, 0.2) is 0 Å². The summed E-state index contributed by atoms with van der Waals surface area (Å²) < 4.78 is 0. The second kappa shape index (κ2) is 6.43. The monoisotopic (exact) mass is 296 g/mol. The summed E-state index contributed by atoms with van der Waals surface area (Å²) in [7, 11) is 8.35. The molecule has 0 bridgehead atoms. The Bertz CT molecular complexity index is 657. The fraction of sp³-hybridized carbons (Fsp3) is 0.400. The Balaban J connectivity index is 2.36. The van der Waals surface area contributed by atoms with Crippen LogP contribution in [0.15, 0.2) is 36.4 Å². The highest BCUT2D eigenvalue weighted by Gasteiger charge is 2.13. The maximum Gasteiger partial charge on any atom is 0.0390 e. The van der Waals surface area contributed by atoms with Gasteiger partial charge in [0.05, 0.1) is 0 Å². The first kappa shape index (κ1) is 16.4. The van der Waals surface area contributed by atoms with E-state index in [1.807, 2.05) is 0 Å². The Kier molecular flexibility index (Phi) is 4.80. The largest absolute Gasteiger partial charge is 0.378 e. The number of benzene rings is 2. The van der Waals surface area contributed by atoms with Gasteiger partial charge in [0.1, 0.15) is 0 Å². The number of rotatable bonds is 4. The van der Waals surface area contributed by atoms with Gasteiger partial charge >= 0.3 is 0 Å². The average molecular weight is 296 g/mol. The van der Waals surface area contributed by atoms with E-state index in [-0.39, 0.29) is 0 Å². The van der Waals surface area contributed by atoms with E-state index in [0.29, 0.717) is 5.92 Å². The first-order chi connectivity index (χ1) is 10.3. The van der Waals surface area contributed by atoms with Crippen molar-refractivity contribution in [2.24, 2.45) is 0 Å². The normalized spacial score (nSPS) is 12.1. The van der Waals surface area contributed by atoms with E-state index in [4.69, 9.17) is 0 Å². The summed E-state index contributed by atoms with van der Waals surface area (Å²) in [5.41, 5.74) is 8.01. The van der Waals surface area contributed by atoms with Crippen molar-refractivity contribution in [3.8, 4) is 0 Å². The van der Waals surface area contributed by atoms with Crippen molar-refractivity contribution < 1.29 is 0 Å². The maximum atomic E-state index is 2.32. The zero-order chi connectivity index (χ0) is 16.4. The van der Waals surface area contributed by atoms with Crippen molar-refractivity contribution in [3.05, 3.63) is 58.7 Å². The van der Waals surface area contributed by atoms with Crippen molar-refractivity contribution >= 4 is 11.4 Å². The molecule has 0 saturated heterocycles. The summed E-state index contributed by atoms with van der Waals surface area (Å²) in [6, 6.07) is 13.5. The molecule has 22 heavy (non-hydrogen) atoms. The van der Waals surface area contributed by atoms with Crippen LogP contribution in [0.25, 0.3) is 0 Å². The lowest BCUT2D eigenvalue weighted by atomic mass is 9.89. The smallest absolute Gasteiger partial charge is 0.0390 e. The van der Waals surface area contributed by atoms with Crippen molar-refractivity contribution in [1.29, 1.82) is 0 Å². The summed E-state index contributed by atoms with van der Waals surface area (Å²) in [6.07, 6.45) is 0. The van der Waals surface area contributed by atoms with E-state index in [1.54, 1.807) is 0 Å². The van der Waals surface area contributed by atoms with E-state index < -0.39 is 0 Å². The molecule has 0 amide bonds. The molecule has 0 fully saturated rings. The Hall–Kier alpha value is -1.96. The first-order valence-electron chi connectivity index (χ1n) is 7.87. The fourth-order valence-corrected chi connectivity index (χ4v) is 3.05. The van der Waals surface area contributed by atoms with E-state index >= 15 is 0 Å². The number of nitrogens with zero attached hydrogens (tertiary/aromatic N) is 2.